The van der Waals surface area contributed by atoms with Gasteiger partial charge in [0.2, 0.25) is 5.89 Å². The van der Waals surface area contributed by atoms with E-state index in [9.17, 15) is 20.1 Å². The number of fused-ring (bicyclic) bond motifs is 9. The van der Waals surface area contributed by atoms with Crippen molar-refractivity contribution in [1.29, 1.82) is 0 Å². The number of nitrogens with zero attached hydrogens (tertiary/aromatic N) is 2. The summed E-state index contributed by atoms with van der Waals surface area (Å²) < 4.78 is 55.2. The van der Waals surface area contributed by atoms with Crippen LogP contribution >= 0.6 is 15.9 Å². The van der Waals surface area contributed by atoms with Crippen molar-refractivity contribution in [2.45, 2.75) is 177 Å². The number of esters is 1. The topological polar surface area (TPSA) is 194 Å². The molecule has 0 amide bonds. The molecule has 69 heavy (non-hydrogen) atoms. The van der Waals surface area contributed by atoms with Crippen LogP contribution in [0.15, 0.2) is 92.2 Å². The Hall–Kier alpha value is -3.81. The van der Waals surface area contributed by atoms with Gasteiger partial charge in [-0.3, -0.25) is 0 Å². The molecule has 5 aliphatic heterocycles. The molecule has 0 aliphatic carbocycles. The Morgan fingerprint density at radius 3 is 2.57 bits per heavy atom. The summed E-state index contributed by atoms with van der Waals surface area (Å²) in [5.41, 5.74) is 3.86. The number of oxazole rings is 2. The first-order valence-electron chi connectivity index (χ1n) is 24.3. The van der Waals surface area contributed by atoms with Crippen LogP contribution in [0.25, 0.3) is 12.2 Å². The van der Waals surface area contributed by atoms with E-state index in [0.29, 0.717) is 75.1 Å². The van der Waals surface area contributed by atoms with Gasteiger partial charge in [0.1, 0.15) is 36.1 Å². The molecule has 2 aromatic heterocycles. The molecule has 7 rings (SSSR count). The van der Waals surface area contributed by atoms with Gasteiger partial charge in [-0.2, -0.15) is 0 Å². The molecule has 3 N–H and O–H groups in total. The molecule has 4 saturated heterocycles. The third-order valence-corrected chi connectivity index (χ3v) is 14.2. The van der Waals surface area contributed by atoms with Crippen LogP contribution in [0.2, 0.25) is 0 Å². The molecule has 4 fully saturated rings. The molecule has 15 atom stereocenters. The second-order valence-corrected chi connectivity index (χ2v) is 20.0. The van der Waals surface area contributed by atoms with Crippen molar-refractivity contribution in [2.75, 3.05) is 14.2 Å². The second kappa shape index (κ2) is 24.5. The van der Waals surface area contributed by atoms with Gasteiger partial charge in [0.25, 0.3) is 0 Å². The standard InChI is InChI=1S/C53H71BrN2O13/c1-31(16-17-38(61-6)12-10-18-54)21-44(58)47-26-42(62-7)27-53(60,69-47)28-49-55-36(29-63-49)22-33(3)51-35(5)52-34(4)45(67-51)13-9-14-48-56-43(30-64-48)46-24-37(57)23-41(66-46)25-40-20-32(2)19-39(65-40)11-8-15-50(59)68-52/h8-10,14-18,21-22,29-30,34-35,37-42,44-47,51-52,57-58,60H,2,11-13,19-20,23-28H2,1,3-7H3/t34-,35-,37+,38?,39-,40+,41-,42+,44+,45+,46+,47+,51-,52-,53-/m0/s1. The summed E-state index contributed by atoms with van der Waals surface area (Å²) in [6.07, 6.45) is 19.5. The quantitative estimate of drug-likeness (QED) is 0.104. The van der Waals surface area contributed by atoms with Crippen LogP contribution in [0.5, 0.6) is 0 Å². The van der Waals surface area contributed by atoms with Gasteiger partial charge in [-0.15, -0.1) is 0 Å². The number of ether oxygens (including phenoxy) is 7. The summed E-state index contributed by atoms with van der Waals surface area (Å²) in [5, 5.41) is 33.9. The molecule has 5 aliphatic rings. The van der Waals surface area contributed by atoms with Crippen LogP contribution in [-0.2, 0) is 44.4 Å². The van der Waals surface area contributed by atoms with Crippen molar-refractivity contribution in [3.8, 4) is 0 Å². The maximum atomic E-state index is 13.6. The molecule has 2 aromatic rings. The van der Waals surface area contributed by atoms with Crippen LogP contribution in [0.1, 0.15) is 121 Å². The van der Waals surface area contributed by atoms with Crippen LogP contribution < -0.4 is 0 Å². The number of carbonyl (C=O) groups is 1. The average molecular weight is 1020 g/mol. The number of hydrogen-bond acceptors (Lipinski definition) is 15. The van der Waals surface area contributed by atoms with Gasteiger partial charge in [-0.05, 0) is 75.1 Å². The lowest BCUT2D eigenvalue weighted by atomic mass is 9.79. The molecule has 0 radical (unpaired) electrons. The van der Waals surface area contributed by atoms with Crippen LogP contribution in [0.3, 0.4) is 0 Å². The van der Waals surface area contributed by atoms with E-state index in [-0.39, 0.29) is 67.2 Å². The zero-order chi connectivity index (χ0) is 49.2. The Morgan fingerprint density at radius 1 is 0.986 bits per heavy atom. The molecule has 1 unspecified atom stereocenters. The fourth-order valence-corrected chi connectivity index (χ4v) is 10.6. The highest BCUT2D eigenvalue weighted by atomic mass is 79.9. The van der Waals surface area contributed by atoms with E-state index in [1.165, 1.54) is 12.3 Å². The first-order chi connectivity index (χ1) is 33.1. The van der Waals surface area contributed by atoms with Gasteiger partial charge in [0, 0.05) is 57.8 Å². The van der Waals surface area contributed by atoms with E-state index in [0.717, 1.165) is 16.7 Å². The molecule has 378 valence electrons. The number of rotatable bonds is 12. The highest BCUT2D eigenvalue weighted by Gasteiger charge is 2.45. The van der Waals surface area contributed by atoms with Crippen molar-refractivity contribution in [1.82, 2.24) is 9.97 Å². The minimum atomic E-state index is -1.73. The van der Waals surface area contributed by atoms with Gasteiger partial charge in [-0.1, -0.05) is 84.0 Å². The largest absolute Gasteiger partial charge is 0.458 e. The summed E-state index contributed by atoms with van der Waals surface area (Å²) in [6, 6.07) is 0. The van der Waals surface area contributed by atoms with E-state index in [4.69, 9.17) is 52.0 Å². The summed E-state index contributed by atoms with van der Waals surface area (Å²) in [6.45, 7) is 12.2. The molecule has 15 nitrogen and oxygen atoms in total. The third-order valence-electron chi connectivity index (χ3n) is 13.9. The molecule has 8 bridgehead atoms. The zero-order valence-electron chi connectivity index (χ0n) is 40.7. The van der Waals surface area contributed by atoms with E-state index in [1.807, 2.05) is 64.2 Å². The second-order valence-electron chi connectivity index (χ2n) is 19.5. The fraction of sp³-hybridized carbons (Fsp3) is 0.604. The lowest BCUT2D eigenvalue weighted by molar-refractivity contribution is -0.286. The van der Waals surface area contributed by atoms with Gasteiger partial charge < -0.3 is 57.3 Å². The number of halogens is 1. The Morgan fingerprint density at radius 2 is 1.78 bits per heavy atom. The minimum Gasteiger partial charge on any atom is -0.458 e. The van der Waals surface area contributed by atoms with Crippen LogP contribution in [-0.4, -0.2) is 118 Å². The Balaban J connectivity index is 1.06. The Kier molecular flexibility index (Phi) is 18.9. The predicted octanol–water partition coefficient (Wildman–Crippen LogP) is 8.76. The summed E-state index contributed by atoms with van der Waals surface area (Å²) in [7, 11) is 3.22. The first-order valence-corrected chi connectivity index (χ1v) is 25.2. The number of hydrogen-bond donors (Lipinski definition) is 3. The van der Waals surface area contributed by atoms with E-state index in [2.05, 4.69) is 22.5 Å². The van der Waals surface area contributed by atoms with Crippen LogP contribution in [0, 0.1) is 11.8 Å². The molecule has 0 aromatic carbocycles. The number of methoxy groups -OCH3 is 2. The van der Waals surface area contributed by atoms with Crippen molar-refractivity contribution in [3.05, 3.63) is 107 Å². The lowest BCUT2D eigenvalue weighted by Gasteiger charge is -2.44. The maximum Gasteiger partial charge on any atom is 0.330 e. The molecule has 16 heteroatoms. The number of allylic oxidation sites excluding steroid dienone is 2. The van der Waals surface area contributed by atoms with E-state index < -0.39 is 48.4 Å². The SMILES string of the molecule is C=C1C[C@@H]2C[C@@H]3C[C@@H](O)C[C@@H](O3)c3coc(n3)C=CC[C@H]3O[C@@H](C(C)=Cc4coc(C[C@]5(O)C[C@H](OC)C[C@H]([C@H](O)C=C(C)C=CC(CC=CBr)OC)O5)n4)[C@H](C)[C@@H](OC(=O)C=CC[C@@H](C1)O2)[C@H]3C. The van der Waals surface area contributed by atoms with Gasteiger partial charge >= 0.3 is 5.97 Å². The number of aliphatic hydroxyl groups is 3. The maximum absolute atomic E-state index is 13.6. The van der Waals surface area contributed by atoms with Crippen molar-refractivity contribution >= 4 is 34.1 Å². The van der Waals surface area contributed by atoms with Crippen LogP contribution in [0.4, 0.5) is 0 Å². The predicted molar refractivity (Wildman–Crippen MR) is 261 cm³/mol. The number of aliphatic hydroxyl groups excluding tert-OH is 2. The molecular formula is C53H71BrN2O13. The van der Waals surface area contributed by atoms with Gasteiger partial charge in [0.05, 0.1) is 67.5 Å². The van der Waals surface area contributed by atoms with Crippen molar-refractivity contribution in [2.24, 2.45) is 11.8 Å². The lowest BCUT2D eigenvalue weighted by Crippen LogP contribution is -2.51. The fourth-order valence-electron chi connectivity index (χ4n) is 10.4. The van der Waals surface area contributed by atoms with Crippen molar-refractivity contribution < 1.29 is 62.1 Å². The van der Waals surface area contributed by atoms with Gasteiger partial charge in [-0.25, -0.2) is 14.8 Å². The smallest absolute Gasteiger partial charge is 0.330 e. The zero-order valence-corrected chi connectivity index (χ0v) is 42.3. The monoisotopic (exact) mass is 1020 g/mol. The molecule has 7 heterocycles. The van der Waals surface area contributed by atoms with Gasteiger partial charge in [0.15, 0.2) is 11.7 Å². The Labute approximate surface area is 414 Å². The first kappa shape index (κ1) is 53.0. The summed E-state index contributed by atoms with van der Waals surface area (Å²) >= 11 is 3.28. The van der Waals surface area contributed by atoms with Crippen molar-refractivity contribution in [3.63, 3.8) is 0 Å². The molecule has 0 saturated carbocycles. The van der Waals surface area contributed by atoms with E-state index >= 15 is 0 Å². The highest BCUT2D eigenvalue weighted by Crippen LogP contribution is 2.40. The molecular weight excluding hydrogens is 952 g/mol. The normalized spacial score (nSPS) is 35.2. The summed E-state index contributed by atoms with van der Waals surface area (Å²) in [5.74, 6) is -1.95. The summed E-state index contributed by atoms with van der Waals surface area (Å²) in [4.78, 5) is 24.8. The van der Waals surface area contributed by atoms with E-state index in [1.54, 1.807) is 37.6 Å². The highest BCUT2D eigenvalue weighted by molar-refractivity contribution is 9.11. The number of carbonyl (C=O) groups excluding carboxylic acids is 1. The average Bonchev–Trinajstić information content (AvgIpc) is 3.96. The molecule has 0 spiro atoms. The third kappa shape index (κ3) is 14.6. The Bertz CT molecular complexity index is 2210. The number of aromatic nitrogens is 2. The minimum absolute atomic E-state index is 0.0830.